The molecule has 0 bridgehead atoms. The molecular formula is C17H21N5O10. The molecule has 0 N–H and O–H groups in total. The van der Waals surface area contributed by atoms with Crippen molar-refractivity contribution in [1.29, 1.82) is 0 Å². The molecule has 0 radical (unpaired) electrons. The molecule has 2 heterocycles. The number of hydrogen-bond donors (Lipinski definition) is 0. The summed E-state index contributed by atoms with van der Waals surface area (Å²) in [6, 6.07) is 0. The van der Waals surface area contributed by atoms with Crippen LogP contribution in [0.3, 0.4) is 0 Å². The van der Waals surface area contributed by atoms with Gasteiger partial charge >= 0.3 is 23.9 Å². The molecule has 1 aromatic heterocycles. The first kappa shape index (κ1) is 24.6. The van der Waals surface area contributed by atoms with Gasteiger partial charge in [-0.1, -0.05) is 5.11 Å². The number of azide groups is 1. The predicted molar refractivity (Wildman–Crippen MR) is 98.1 cm³/mol. The van der Waals surface area contributed by atoms with Crippen LogP contribution in [-0.4, -0.2) is 65.1 Å². The van der Waals surface area contributed by atoms with Gasteiger partial charge in [-0.25, -0.2) is 0 Å². The Kier molecular flexibility index (Phi) is 8.49. The van der Waals surface area contributed by atoms with E-state index in [-0.39, 0.29) is 18.3 Å². The molecule has 32 heavy (non-hydrogen) atoms. The molecule has 15 nitrogen and oxygen atoms in total. The van der Waals surface area contributed by atoms with Crippen molar-refractivity contribution in [2.75, 3.05) is 6.61 Å². The van der Waals surface area contributed by atoms with Crippen LogP contribution in [0.5, 0.6) is 0 Å². The molecule has 15 heteroatoms. The second-order valence-corrected chi connectivity index (χ2v) is 6.54. The summed E-state index contributed by atoms with van der Waals surface area (Å²) in [5.41, 5.74) is 8.44. The molecule has 174 valence electrons. The van der Waals surface area contributed by atoms with Crippen LogP contribution >= 0.6 is 0 Å². The van der Waals surface area contributed by atoms with Crippen LogP contribution in [0.25, 0.3) is 10.4 Å². The minimum Gasteiger partial charge on any atom is -0.463 e. The number of aromatic nitrogens is 2. The Morgan fingerprint density at radius 1 is 0.938 bits per heavy atom. The quantitative estimate of drug-likeness (QED) is 0.174. The molecule has 0 amide bonds. The van der Waals surface area contributed by atoms with E-state index in [9.17, 15) is 19.2 Å². The molecule has 5 atom stereocenters. The molecule has 1 aliphatic heterocycles. The minimum absolute atomic E-state index is 0.0642. The first-order chi connectivity index (χ1) is 15.1. The summed E-state index contributed by atoms with van der Waals surface area (Å²) in [6.07, 6.45) is -6.50. The Morgan fingerprint density at radius 2 is 1.53 bits per heavy atom. The van der Waals surface area contributed by atoms with E-state index in [4.69, 9.17) is 33.6 Å². The van der Waals surface area contributed by atoms with Crippen molar-refractivity contribution in [3.8, 4) is 0 Å². The van der Waals surface area contributed by atoms with Gasteiger partial charge in [0.2, 0.25) is 11.8 Å². The Hall–Kier alpha value is -3.71. The van der Waals surface area contributed by atoms with E-state index >= 15 is 0 Å². The van der Waals surface area contributed by atoms with Gasteiger partial charge in [-0.05, 0) is 5.53 Å². The number of carbonyl (C=O) groups excluding carboxylic acids is 4. The number of hydrogen-bond acceptors (Lipinski definition) is 13. The van der Waals surface area contributed by atoms with E-state index < -0.39 is 61.0 Å². The average Bonchev–Trinajstić information content (AvgIpc) is 3.15. The van der Waals surface area contributed by atoms with Crippen LogP contribution in [0.2, 0.25) is 0 Å². The Bertz CT molecular complexity index is 911. The van der Waals surface area contributed by atoms with Gasteiger partial charge in [0, 0.05) is 32.6 Å². The van der Waals surface area contributed by atoms with Gasteiger partial charge in [-0.15, -0.1) is 10.2 Å². The first-order valence-corrected chi connectivity index (χ1v) is 9.26. The molecule has 1 fully saturated rings. The van der Waals surface area contributed by atoms with Gasteiger partial charge in [-0.2, -0.15) is 0 Å². The minimum atomic E-state index is -1.37. The van der Waals surface area contributed by atoms with E-state index in [2.05, 4.69) is 20.2 Å². The molecule has 2 rings (SSSR count). The van der Waals surface area contributed by atoms with Crippen LogP contribution in [-0.2, 0) is 49.4 Å². The summed E-state index contributed by atoms with van der Waals surface area (Å²) >= 11 is 0. The molecule has 1 aromatic rings. The third kappa shape index (κ3) is 6.65. The van der Waals surface area contributed by atoms with Crippen molar-refractivity contribution in [2.24, 2.45) is 5.11 Å². The van der Waals surface area contributed by atoms with Crippen molar-refractivity contribution in [2.45, 2.75) is 64.8 Å². The SMILES string of the molecule is CC(=O)OCC1OC(c2nnc(CN=[N+]=[N-])o2)C(OC(C)=O)C(OC(C)=O)C1OC(C)=O. The fourth-order valence-electron chi connectivity index (χ4n) is 2.96. The smallest absolute Gasteiger partial charge is 0.303 e. The molecule has 5 unspecified atom stereocenters. The van der Waals surface area contributed by atoms with Crippen LogP contribution < -0.4 is 0 Å². The molecule has 0 aliphatic carbocycles. The lowest BCUT2D eigenvalue weighted by atomic mass is 9.94. The fraction of sp³-hybridized carbons (Fsp3) is 0.647. The van der Waals surface area contributed by atoms with E-state index in [1.54, 1.807) is 0 Å². The standard InChI is InChI=1S/C17H21N5O10/c1-7(23)27-6-11-13(28-8(2)24)14(29-9(3)25)15(30-10(4)26)16(31-11)17-21-20-12(32-17)5-19-22-18/h11,13-16H,5-6H2,1-4H3. The summed E-state index contributed by atoms with van der Waals surface area (Å²) in [4.78, 5) is 49.2. The topological polar surface area (TPSA) is 202 Å². The highest BCUT2D eigenvalue weighted by Crippen LogP contribution is 2.37. The maximum Gasteiger partial charge on any atom is 0.303 e. The first-order valence-electron chi connectivity index (χ1n) is 9.26. The van der Waals surface area contributed by atoms with Crippen LogP contribution in [0.1, 0.15) is 45.6 Å². The van der Waals surface area contributed by atoms with Crippen LogP contribution in [0.15, 0.2) is 9.53 Å². The average molecular weight is 455 g/mol. The molecule has 0 spiro atoms. The van der Waals surface area contributed by atoms with Gasteiger partial charge in [0.1, 0.15) is 19.3 Å². The normalized spacial score (nSPS) is 24.6. The summed E-state index contributed by atoms with van der Waals surface area (Å²) in [7, 11) is 0. The van der Waals surface area contributed by atoms with Crippen LogP contribution in [0.4, 0.5) is 0 Å². The van der Waals surface area contributed by atoms with E-state index in [1.807, 2.05) is 0 Å². The maximum atomic E-state index is 11.8. The molecule has 1 saturated heterocycles. The van der Waals surface area contributed by atoms with Crippen molar-refractivity contribution >= 4 is 23.9 Å². The summed E-state index contributed by atoms with van der Waals surface area (Å²) in [5, 5.41) is 10.8. The Balaban J connectivity index is 2.50. The van der Waals surface area contributed by atoms with Gasteiger partial charge in [-0.3, -0.25) is 19.2 Å². The molecule has 0 aromatic carbocycles. The Labute approximate surface area is 180 Å². The molecule has 0 saturated carbocycles. The summed E-state index contributed by atoms with van der Waals surface area (Å²) < 4.78 is 32.1. The fourth-order valence-corrected chi connectivity index (χ4v) is 2.96. The summed E-state index contributed by atoms with van der Waals surface area (Å²) in [5.74, 6) is -3.21. The second kappa shape index (κ2) is 11.1. The number of rotatable bonds is 8. The third-order valence-electron chi connectivity index (χ3n) is 3.99. The number of nitrogens with zero attached hydrogens (tertiary/aromatic N) is 5. The van der Waals surface area contributed by atoms with Crippen molar-refractivity contribution in [3.05, 3.63) is 22.2 Å². The highest BCUT2D eigenvalue weighted by Gasteiger charge is 2.54. The summed E-state index contributed by atoms with van der Waals surface area (Å²) in [6.45, 7) is 3.83. The lowest BCUT2D eigenvalue weighted by Crippen LogP contribution is -2.59. The van der Waals surface area contributed by atoms with Crippen molar-refractivity contribution in [3.63, 3.8) is 0 Å². The van der Waals surface area contributed by atoms with Crippen molar-refractivity contribution < 1.29 is 47.3 Å². The number of esters is 4. The zero-order valence-electron chi connectivity index (χ0n) is 17.6. The van der Waals surface area contributed by atoms with E-state index in [1.165, 1.54) is 0 Å². The number of ether oxygens (including phenoxy) is 5. The van der Waals surface area contributed by atoms with Crippen LogP contribution in [0, 0.1) is 0 Å². The lowest BCUT2D eigenvalue weighted by Gasteiger charge is -2.43. The highest BCUT2D eigenvalue weighted by atomic mass is 16.7. The molecular weight excluding hydrogens is 434 g/mol. The zero-order chi connectivity index (χ0) is 23.8. The second-order valence-electron chi connectivity index (χ2n) is 6.54. The molecule has 1 aliphatic rings. The number of carbonyl (C=O) groups is 4. The van der Waals surface area contributed by atoms with E-state index in [0.29, 0.717) is 0 Å². The van der Waals surface area contributed by atoms with E-state index in [0.717, 1.165) is 27.7 Å². The Morgan fingerprint density at radius 3 is 2.09 bits per heavy atom. The van der Waals surface area contributed by atoms with Gasteiger partial charge in [0.15, 0.2) is 24.4 Å². The zero-order valence-corrected chi connectivity index (χ0v) is 17.6. The maximum absolute atomic E-state index is 11.8. The lowest BCUT2D eigenvalue weighted by molar-refractivity contribution is -0.257. The van der Waals surface area contributed by atoms with Crippen molar-refractivity contribution in [1.82, 2.24) is 10.2 Å². The largest absolute Gasteiger partial charge is 0.463 e. The highest BCUT2D eigenvalue weighted by molar-refractivity contribution is 5.68. The van der Waals surface area contributed by atoms with Gasteiger partial charge in [0.05, 0.1) is 0 Å². The third-order valence-corrected chi connectivity index (χ3v) is 3.99. The van der Waals surface area contributed by atoms with Gasteiger partial charge < -0.3 is 28.1 Å². The van der Waals surface area contributed by atoms with Gasteiger partial charge in [0.25, 0.3) is 0 Å². The monoisotopic (exact) mass is 455 g/mol. The predicted octanol–water partition coefficient (Wildman–Crippen LogP) is 0.678.